The molecule has 0 amide bonds. The predicted molar refractivity (Wildman–Crippen MR) is 66.7 cm³/mol. The third-order valence-electron chi connectivity index (χ3n) is 2.00. The number of thioether (sulfide) groups is 1. The number of rotatable bonds is 5. The molecule has 0 aliphatic rings. The van der Waals surface area contributed by atoms with Crippen LogP contribution in [-0.2, 0) is 15.6 Å². The fourth-order valence-electron chi connectivity index (χ4n) is 1.11. The van der Waals surface area contributed by atoms with E-state index in [1.54, 1.807) is 12.1 Å². The molecule has 0 saturated carbocycles. The minimum atomic E-state index is -2.94. The number of anilines is 1. The first-order chi connectivity index (χ1) is 7.40. The van der Waals surface area contributed by atoms with Crippen molar-refractivity contribution >= 4 is 27.3 Å². The summed E-state index contributed by atoms with van der Waals surface area (Å²) in [6.07, 6.45) is 1.19. The van der Waals surface area contributed by atoms with Gasteiger partial charge in [0, 0.05) is 29.0 Å². The largest absolute Gasteiger partial charge is 0.398 e. The molecule has 3 nitrogen and oxygen atoms in total. The average molecular weight is 263 g/mol. The van der Waals surface area contributed by atoms with Gasteiger partial charge in [-0.2, -0.15) is 11.8 Å². The van der Waals surface area contributed by atoms with Gasteiger partial charge >= 0.3 is 0 Å². The van der Waals surface area contributed by atoms with Crippen LogP contribution < -0.4 is 5.73 Å². The number of halogens is 1. The fourth-order valence-corrected chi connectivity index (χ4v) is 3.45. The third-order valence-corrected chi connectivity index (χ3v) is 4.19. The van der Waals surface area contributed by atoms with Gasteiger partial charge in [0.2, 0.25) is 0 Å². The third kappa shape index (κ3) is 4.40. The molecule has 0 aliphatic carbocycles. The van der Waals surface area contributed by atoms with Crippen molar-refractivity contribution in [3.8, 4) is 0 Å². The van der Waals surface area contributed by atoms with Crippen molar-refractivity contribution < 1.29 is 12.8 Å². The topological polar surface area (TPSA) is 60.2 Å². The number of nitrogens with two attached hydrogens (primary N) is 1. The zero-order valence-corrected chi connectivity index (χ0v) is 10.6. The Kier molecular flexibility index (Phi) is 4.61. The minimum absolute atomic E-state index is 0.103. The quantitative estimate of drug-likeness (QED) is 0.648. The zero-order valence-electron chi connectivity index (χ0n) is 8.94. The molecule has 2 N–H and O–H groups in total. The summed E-state index contributed by atoms with van der Waals surface area (Å²) in [6, 6.07) is 4.54. The Morgan fingerprint density at radius 3 is 2.69 bits per heavy atom. The van der Waals surface area contributed by atoms with Gasteiger partial charge in [-0.1, -0.05) is 6.07 Å². The molecule has 0 aromatic heterocycles. The van der Waals surface area contributed by atoms with Gasteiger partial charge in [-0.25, -0.2) is 12.8 Å². The lowest BCUT2D eigenvalue weighted by atomic mass is 10.2. The lowest BCUT2D eigenvalue weighted by Gasteiger charge is -2.06. The molecule has 0 spiro atoms. The van der Waals surface area contributed by atoms with Gasteiger partial charge in [0.25, 0.3) is 0 Å². The summed E-state index contributed by atoms with van der Waals surface area (Å²) in [5.74, 6) is 0.610. The van der Waals surface area contributed by atoms with Crippen LogP contribution >= 0.6 is 11.8 Å². The number of hydrogen-bond acceptors (Lipinski definition) is 4. The first kappa shape index (κ1) is 13.3. The molecule has 0 fully saturated rings. The van der Waals surface area contributed by atoms with Crippen molar-refractivity contribution in [3.63, 3.8) is 0 Å². The van der Waals surface area contributed by atoms with Crippen LogP contribution in [0.2, 0.25) is 0 Å². The summed E-state index contributed by atoms with van der Waals surface area (Å²) in [5, 5.41) is 0. The van der Waals surface area contributed by atoms with Gasteiger partial charge in [0.1, 0.15) is 15.7 Å². The van der Waals surface area contributed by atoms with Crippen molar-refractivity contribution in [2.45, 2.75) is 5.75 Å². The van der Waals surface area contributed by atoms with Crippen LogP contribution in [0.3, 0.4) is 0 Å². The first-order valence-electron chi connectivity index (χ1n) is 4.68. The van der Waals surface area contributed by atoms with E-state index in [0.29, 0.717) is 22.8 Å². The van der Waals surface area contributed by atoms with E-state index in [1.165, 1.54) is 24.1 Å². The average Bonchev–Trinajstić information content (AvgIpc) is 2.14. The van der Waals surface area contributed by atoms with Crippen molar-refractivity contribution in [2.75, 3.05) is 23.5 Å². The molecule has 0 bridgehead atoms. The molecule has 6 heteroatoms. The van der Waals surface area contributed by atoms with Gasteiger partial charge in [0.15, 0.2) is 0 Å². The molecule has 0 heterocycles. The summed E-state index contributed by atoms with van der Waals surface area (Å²) < 4.78 is 35.0. The summed E-state index contributed by atoms with van der Waals surface area (Å²) >= 11 is 1.36. The highest BCUT2D eigenvalue weighted by Crippen LogP contribution is 2.21. The number of hydrogen-bond donors (Lipinski definition) is 1. The van der Waals surface area contributed by atoms with Crippen molar-refractivity contribution in [3.05, 3.63) is 29.6 Å². The van der Waals surface area contributed by atoms with Crippen LogP contribution in [0.1, 0.15) is 5.56 Å². The van der Waals surface area contributed by atoms with E-state index in [1.807, 2.05) is 0 Å². The Balaban J connectivity index is 2.49. The Morgan fingerprint density at radius 1 is 1.44 bits per heavy atom. The normalized spacial score (nSPS) is 11.6. The molecule has 0 radical (unpaired) electrons. The second-order valence-corrected chi connectivity index (χ2v) is 6.86. The number of sulfone groups is 1. The maximum Gasteiger partial charge on any atom is 0.148 e. The van der Waals surface area contributed by atoms with E-state index in [4.69, 9.17) is 5.73 Å². The van der Waals surface area contributed by atoms with Crippen molar-refractivity contribution in [1.29, 1.82) is 0 Å². The van der Waals surface area contributed by atoms with E-state index in [-0.39, 0.29) is 11.6 Å². The predicted octanol–water partition coefficient (Wildman–Crippen LogP) is 1.69. The van der Waals surface area contributed by atoms with Crippen molar-refractivity contribution in [1.82, 2.24) is 0 Å². The Labute approximate surface area is 99.1 Å². The van der Waals surface area contributed by atoms with Gasteiger partial charge in [-0.15, -0.1) is 0 Å². The van der Waals surface area contributed by atoms with Crippen LogP contribution in [0, 0.1) is 5.82 Å². The molecule has 90 valence electrons. The number of benzene rings is 1. The van der Waals surface area contributed by atoms with Crippen LogP contribution in [0.4, 0.5) is 10.1 Å². The van der Waals surface area contributed by atoms with Crippen molar-refractivity contribution in [2.24, 2.45) is 0 Å². The maximum atomic E-state index is 13.3. The molecule has 1 aromatic carbocycles. The molecular formula is C10H14FNO2S2. The minimum Gasteiger partial charge on any atom is -0.398 e. The highest BCUT2D eigenvalue weighted by Gasteiger charge is 2.07. The summed E-state index contributed by atoms with van der Waals surface area (Å²) in [7, 11) is -2.94. The van der Waals surface area contributed by atoms with Crippen LogP contribution in [0.5, 0.6) is 0 Å². The van der Waals surface area contributed by atoms with E-state index >= 15 is 0 Å². The lowest BCUT2D eigenvalue weighted by Crippen LogP contribution is -2.05. The Bertz CT molecular complexity index is 440. The molecule has 0 saturated heterocycles. The molecule has 0 atom stereocenters. The van der Waals surface area contributed by atoms with Crippen LogP contribution in [-0.4, -0.2) is 26.2 Å². The summed E-state index contributed by atoms with van der Waals surface area (Å²) in [5.41, 5.74) is 6.47. The summed E-state index contributed by atoms with van der Waals surface area (Å²) in [6.45, 7) is 0. The molecule has 1 aromatic rings. The standard InChI is InChI=1S/C10H14FNO2S2/c1-16(13,14)6-5-15-7-8-9(11)3-2-4-10(8)12/h2-4H,5-7,12H2,1H3. The van der Waals surface area contributed by atoms with E-state index < -0.39 is 9.84 Å². The van der Waals surface area contributed by atoms with Gasteiger partial charge < -0.3 is 5.73 Å². The van der Waals surface area contributed by atoms with Gasteiger partial charge in [0.05, 0.1) is 5.75 Å². The SMILES string of the molecule is CS(=O)(=O)CCSCc1c(N)cccc1F. The zero-order chi connectivity index (χ0) is 12.2. The van der Waals surface area contributed by atoms with E-state index in [2.05, 4.69) is 0 Å². The lowest BCUT2D eigenvalue weighted by molar-refractivity contribution is 0.603. The summed E-state index contributed by atoms with van der Waals surface area (Å²) in [4.78, 5) is 0. The van der Waals surface area contributed by atoms with E-state index in [0.717, 1.165) is 0 Å². The van der Waals surface area contributed by atoms with E-state index in [9.17, 15) is 12.8 Å². The fraction of sp³-hybridized carbons (Fsp3) is 0.400. The Morgan fingerprint density at radius 2 is 2.12 bits per heavy atom. The molecule has 0 aliphatic heterocycles. The van der Waals surface area contributed by atoms with Crippen LogP contribution in [0.25, 0.3) is 0 Å². The molecule has 0 unspecified atom stereocenters. The monoisotopic (exact) mass is 263 g/mol. The highest BCUT2D eigenvalue weighted by molar-refractivity contribution is 7.99. The molecular weight excluding hydrogens is 249 g/mol. The van der Waals surface area contributed by atoms with Crippen LogP contribution in [0.15, 0.2) is 18.2 Å². The number of nitrogen functional groups attached to an aromatic ring is 1. The molecule has 16 heavy (non-hydrogen) atoms. The van der Waals surface area contributed by atoms with Gasteiger partial charge in [-0.3, -0.25) is 0 Å². The smallest absolute Gasteiger partial charge is 0.148 e. The second-order valence-electron chi connectivity index (χ2n) is 3.49. The first-order valence-corrected chi connectivity index (χ1v) is 7.90. The molecule has 1 rings (SSSR count). The highest BCUT2D eigenvalue weighted by atomic mass is 32.2. The maximum absolute atomic E-state index is 13.3. The van der Waals surface area contributed by atoms with Gasteiger partial charge in [-0.05, 0) is 12.1 Å². The second kappa shape index (κ2) is 5.54. The Hall–Kier alpha value is -0.750.